The minimum atomic E-state index is -1.84. The lowest BCUT2D eigenvalue weighted by atomic mass is 9.86. The van der Waals surface area contributed by atoms with Crippen LogP contribution in [0.15, 0.2) is 42.9 Å². The Morgan fingerprint density at radius 3 is 2.60 bits per heavy atom. The Hall–Kier alpha value is -2.71. The van der Waals surface area contributed by atoms with E-state index in [0.29, 0.717) is 11.0 Å². The van der Waals surface area contributed by atoms with E-state index in [4.69, 9.17) is 4.74 Å². The molecule has 0 amide bonds. The van der Waals surface area contributed by atoms with Crippen LogP contribution < -0.4 is 5.59 Å². The molecule has 3 aromatic heterocycles. The van der Waals surface area contributed by atoms with E-state index in [0.717, 1.165) is 15.7 Å². The minimum absolute atomic E-state index is 0.00640. The molecule has 0 saturated carbocycles. The Labute approximate surface area is 145 Å². The summed E-state index contributed by atoms with van der Waals surface area (Å²) in [6, 6.07) is 6.99. The van der Waals surface area contributed by atoms with Crippen LogP contribution in [0.1, 0.15) is 20.8 Å². The summed E-state index contributed by atoms with van der Waals surface area (Å²) in [4.78, 5) is 20.9. The van der Waals surface area contributed by atoms with Crippen LogP contribution in [0.5, 0.6) is 0 Å². The van der Waals surface area contributed by atoms with Crippen molar-refractivity contribution >= 4 is 29.8 Å². The van der Waals surface area contributed by atoms with Crippen molar-refractivity contribution in [3.05, 3.63) is 42.9 Å². The van der Waals surface area contributed by atoms with E-state index in [1.54, 1.807) is 51.5 Å². The van der Waals surface area contributed by atoms with Crippen molar-refractivity contribution in [1.29, 1.82) is 0 Å². The highest BCUT2D eigenvalue weighted by Gasteiger charge is 2.28. The molecule has 128 valence electrons. The van der Waals surface area contributed by atoms with Gasteiger partial charge in [0.25, 0.3) is 0 Å². The van der Waals surface area contributed by atoms with E-state index in [1.165, 1.54) is 6.07 Å². The van der Waals surface area contributed by atoms with Gasteiger partial charge in [-0.3, -0.25) is 4.98 Å². The van der Waals surface area contributed by atoms with Gasteiger partial charge in [0.15, 0.2) is 0 Å². The van der Waals surface area contributed by atoms with Gasteiger partial charge in [0, 0.05) is 29.5 Å². The Morgan fingerprint density at radius 2 is 2.00 bits per heavy atom. The molecule has 2 N–H and O–H groups in total. The molecule has 0 spiro atoms. The number of carbonyl (C=O) groups is 1. The Morgan fingerprint density at radius 1 is 1.24 bits per heavy atom. The second kappa shape index (κ2) is 6.31. The summed E-state index contributed by atoms with van der Waals surface area (Å²) < 4.78 is 6.46. The fraction of sp³-hybridized carbons (Fsp3) is 0.235. The molecular formula is C17H18BN3O4. The van der Waals surface area contributed by atoms with Gasteiger partial charge < -0.3 is 14.8 Å². The summed E-state index contributed by atoms with van der Waals surface area (Å²) >= 11 is 0. The van der Waals surface area contributed by atoms with Gasteiger partial charge in [-0.05, 0) is 44.5 Å². The van der Waals surface area contributed by atoms with E-state index in [-0.39, 0.29) is 5.59 Å². The summed E-state index contributed by atoms with van der Waals surface area (Å²) in [5.74, 6) is 0. The summed E-state index contributed by atoms with van der Waals surface area (Å²) in [6.45, 7) is 5.21. The number of nitrogens with zero attached hydrogens (tertiary/aromatic N) is 3. The molecule has 8 heteroatoms. The van der Waals surface area contributed by atoms with Gasteiger partial charge in [-0.2, -0.15) is 0 Å². The lowest BCUT2D eigenvalue weighted by Crippen LogP contribution is -2.41. The van der Waals surface area contributed by atoms with Crippen molar-refractivity contribution < 1.29 is 19.6 Å². The summed E-state index contributed by atoms with van der Waals surface area (Å²) in [5, 5.41) is 20.0. The summed E-state index contributed by atoms with van der Waals surface area (Å²) in [6.07, 6.45) is 4.19. The zero-order valence-electron chi connectivity index (χ0n) is 14.2. The van der Waals surface area contributed by atoms with E-state index >= 15 is 0 Å². The van der Waals surface area contributed by atoms with Gasteiger partial charge in [-0.15, -0.1) is 0 Å². The van der Waals surface area contributed by atoms with E-state index in [9.17, 15) is 14.8 Å². The van der Waals surface area contributed by atoms with Crippen molar-refractivity contribution in [3.63, 3.8) is 0 Å². The monoisotopic (exact) mass is 339 g/mol. The van der Waals surface area contributed by atoms with Crippen LogP contribution in [0.3, 0.4) is 0 Å². The fourth-order valence-electron chi connectivity index (χ4n) is 2.58. The van der Waals surface area contributed by atoms with Crippen LogP contribution in [0, 0.1) is 0 Å². The molecule has 3 aromatic rings. The van der Waals surface area contributed by atoms with Crippen LogP contribution in [0.2, 0.25) is 0 Å². The highest BCUT2D eigenvalue weighted by Crippen LogP contribution is 2.27. The van der Waals surface area contributed by atoms with Gasteiger partial charge >= 0.3 is 13.2 Å². The van der Waals surface area contributed by atoms with Gasteiger partial charge in [-0.25, -0.2) is 14.3 Å². The van der Waals surface area contributed by atoms with Gasteiger partial charge in [0.05, 0.1) is 5.59 Å². The predicted octanol–water partition coefficient (Wildman–Crippen LogP) is 1.56. The lowest BCUT2D eigenvalue weighted by Gasteiger charge is -2.20. The molecule has 0 aromatic carbocycles. The number of hydrogen-bond donors (Lipinski definition) is 2. The maximum Gasteiger partial charge on any atom is 0.506 e. The summed E-state index contributed by atoms with van der Waals surface area (Å²) in [5.41, 5.74) is 1.16. The highest BCUT2D eigenvalue weighted by atomic mass is 16.6. The third kappa shape index (κ3) is 3.40. The van der Waals surface area contributed by atoms with Crippen molar-refractivity contribution in [2.45, 2.75) is 26.4 Å². The zero-order valence-corrected chi connectivity index (χ0v) is 14.2. The fourth-order valence-corrected chi connectivity index (χ4v) is 2.58. The first kappa shape index (κ1) is 17.1. The zero-order chi connectivity index (χ0) is 18.2. The van der Waals surface area contributed by atoms with Gasteiger partial charge in [-0.1, -0.05) is 6.07 Å². The van der Waals surface area contributed by atoms with Crippen LogP contribution in [-0.4, -0.2) is 43.4 Å². The molecule has 0 saturated heterocycles. The second-order valence-corrected chi connectivity index (χ2v) is 6.60. The maximum atomic E-state index is 12.6. The number of aromatic nitrogens is 3. The van der Waals surface area contributed by atoms with Crippen LogP contribution in [0.4, 0.5) is 4.79 Å². The molecule has 0 fully saturated rings. The molecule has 25 heavy (non-hydrogen) atoms. The van der Waals surface area contributed by atoms with Crippen LogP contribution in [0.25, 0.3) is 22.2 Å². The molecule has 0 aliphatic rings. The summed E-state index contributed by atoms with van der Waals surface area (Å²) in [7, 11) is -1.84. The molecular weight excluding hydrogens is 321 g/mol. The smallest absolute Gasteiger partial charge is 0.443 e. The molecule has 0 aliphatic carbocycles. The van der Waals surface area contributed by atoms with Gasteiger partial charge in [0.1, 0.15) is 11.2 Å². The minimum Gasteiger partial charge on any atom is -0.443 e. The van der Waals surface area contributed by atoms with Crippen molar-refractivity contribution in [1.82, 2.24) is 14.5 Å². The van der Waals surface area contributed by atoms with Crippen LogP contribution in [-0.2, 0) is 4.74 Å². The third-order valence-electron chi connectivity index (χ3n) is 3.54. The molecule has 0 atom stereocenters. The average molecular weight is 339 g/mol. The topological polar surface area (TPSA) is 97.5 Å². The molecule has 0 radical (unpaired) electrons. The quantitative estimate of drug-likeness (QED) is 0.688. The largest absolute Gasteiger partial charge is 0.506 e. The van der Waals surface area contributed by atoms with Crippen molar-refractivity contribution in [2.24, 2.45) is 0 Å². The highest BCUT2D eigenvalue weighted by molar-refractivity contribution is 6.59. The Balaban J connectivity index is 2.23. The van der Waals surface area contributed by atoms with E-state index < -0.39 is 18.8 Å². The molecule has 3 rings (SSSR count). The van der Waals surface area contributed by atoms with E-state index in [1.807, 2.05) is 6.07 Å². The van der Waals surface area contributed by atoms with Crippen LogP contribution >= 0.6 is 0 Å². The predicted molar refractivity (Wildman–Crippen MR) is 94.4 cm³/mol. The number of hydrogen-bond acceptors (Lipinski definition) is 6. The standard InChI is InChI=1S/C17H18BN3O4/c1-17(2,3)25-16(22)21-14(18(23)24)9-13-12(6-8-20-15(13)21)11-5-4-7-19-10-11/h4-10,23-24H,1-3H3. The first-order valence-electron chi connectivity index (χ1n) is 7.78. The van der Waals surface area contributed by atoms with Crippen molar-refractivity contribution in [3.8, 4) is 11.1 Å². The van der Waals surface area contributed by atoms with Crippen molar-refractivity contribution in [2.75, 3.05) is 0 Å². The maximum absolute atomic E-state index is 12.6. The number of rotatable bonds is 2. The first-order chi connectivity index (χ1) is 11.8. The first-order valence-corrected chi connectivity index (χ1v) is 7.78. The Kier molecular flexibility index (Phi) is 4.32. The second-order valence-electron chi connectivity index (χ2n) is 6.60. The molecule has 3 heterocycles. The van der Waals surface area contributed by atoms with Gasteiger partial charge in [0.2, 0.25) is 0 Å². The molecule has 0 bridgehead atoms. The average Bonchev–Trinajstić information content (AvgIpc) is 2.94. The number of ether oxygens (including phenoxy) is 1. The lowest BCUT2D eigenvalue weighted by molar-refractivity contribution is 0.0547. The molecule has 7 nitrogen and oxygen atoms in total. The Bertz CT molecular complexity index is 917. The number of fused-ring (bicyclic) bond motifs is 1. The normalized spacial score (nSPS) is 11.6. The molecule has 0 unspecified atom stereocenters. The molecule has 0 aliphatic heterocycles. The SMILES string of the molecule is CC(C)(C)OC(=O)n1c(B(O)O)cc2c(-c3cccnc3)ccnc21. The van der Waals surface area contributed by atoms with E-state index in [2.05, 4.69) is 9.97 Å². The number of pyridine rings is 2. The number of carbonyl (C=O) groups excluding carboxylic acids is 1. The third-order valence-corrected chi connectivity index (χ3v) is 3.54.